The van der Waals surface area contributed by atoms with Crippen molar-refractivity contribution in [3.05, 3.63) is 29.3 Å². The second-order valence-electron chi connectivity index (χ2n) is 4.90. The van der Waals surface area contributed by atoms with Crippen LogP contribution in [-0.2, 0) is 10.0 Å². The third kappa shape index (κ3) is 8.16. The molecule has 0 aliphatic heterocycles. The van der Waals surface area contributed by atoms with Crippen molar-refractivity contribution in [2.75, 3.05) is 19.6 Å². The number of rotatable bonds is 7. The summed E-state index contributed by atoms with van der Waals surface area (Å²) in [4.78, 5) is 4.25. The average molecular weight is 461 g/mol. The van der Waals surface area contributed by atoms with Gasteiger partial charge in [-0.3, -0.25) is 4.99 Å². The molecule has 0 bridgehead atoms. The zero-order valence-electron chi connectivity index (χ0n) is 12.5. The van der Waals surface area contributed by atoms with Crippen molar-refractivity contribution in [3.8, 4) is 0 Å². The standard InChI is InChI=1S/C13H21ClN4O2S.HI/c1-10(2)9-17-13(15)16-6-7-18-21(19,20)12-5-3-4-11(14)8-12;/h3-5,8,10,18H,6-7,9H2,1-2H3,(H3,15,16,17);1H. The molecule has 0 unspecified atom stereocenters. The Kier molecular flexibility index (Phi) is 9.97. The zero-order valence-corrected chi connectivity index (χ0v) is 16.4. The van der Waals surface area contributed by atoms with Gasteiger partial charge in [0.1, 0.15) is 0 Å². The normalized spacial score (nSPS) is 12.1. The fourth-order valence-electron chi connectivity index (χ4n) is 1.43. The highest BCUT2D eigenvalue weighted by Gasteiger charge is 2.13. The highest BCUT2D eigenvalue weighted by atomic mass is 127. The highest BCUT2D eigenvalue weighted by molar-refractivity contribution is 14.0. The summed E-state index contributed by atoms with van der Waals surface area (Å²) in [6, 6.07) is 6.09. The number of guanidine groups is 1. The minimum Gasteiger partial charge on any atom is -0.370 e. The third-order valence-electron chi connectivity index (χ3n) is 2.46. The summed E-state index contributed by atoms with van der Waals surface area (Å²) in [5, 5.41) is 3.22. The van der Waals surface area contributed by atoms with Gasteiger partial charge in [0.15, 0.2) is 5.96 Å². The van der Waals surface area contributed by atoms with Crippen molar-refractivity contribution in [1.29, 1.82) is 0 Å². The van der Waals surface area contributed by atoms with Crippen LogP contribution in [0.25, 0.3) is 0 Å². The maximum atomic E-state index is 12.0. The number of aliphatic imine (C=N–C) groups is 1. The Bertz CT molecular complexity index is 593. The number of hydrogen-bond acceptors (Lipinski definition) is 3. The van der Waals surface area contributed by atoms with Crippen molar-refractivity contribution in [2.24, 2.45) is 16.6 Å². The van der Waals surface area contributed by atoms with Gasteiger partial charge in [-0.2, -0.15) is 0 Å². The number of nitrogens with one attached hydrogen (secondary N) is 2. The summed E-state index contributed by atoms with van der Waals surface area (Å²) in [6.07, 6.45) is 0. The fraction of sp³-hybridized carbons (Fsp3) is 0.462. The first kappa shape index (κ1) is 21.4. The lowest BCUT2D eigenvalue weighted by molar-refractivity contribution is 0.580. The molecule has 0 amide bonds. The molecule has 1 aromatic rings. The molecule has 0 radical (unpaired) electrons. The van der Waals surface area contributed by atoms with E-state index in [1.165, 1.54) is 12.1 Å². The van der Waals surface area contributed by atoms with Gasteiger partial charge >= 0.3 is 0 Å². The van der Waals surface area contributed by atoms with Crippen LogP contribution < -0.4 is 15.8 Å². The Morgan fingerprint density at radius 3 is 2.64 bits per heavy atom. The minimum atomic E-state index is -3.56. The van der Waals surface area contributed by atoms with Gasteiger partial charge in [-0.05, 0) is 24.1 Å². The van der Waals surface area contributed by atoms with Gasteiger partial charge in [0.05, 0.1) is 4.90 Å². The quantitative estimate of drug-likeness (QED) is 0.250. The second-order valence-corrected chi connectivity index (χ2v) is 7.11. The van der Waals surface area contributed by atoms with Crippen LogP contribution >= 0.6 is 35.6 Å². The summed E-state index contributed by atoms with van der Waals surface area (Å²) < 4.78 is 26.4. The molecule has 0 fully saturated rings. The zero-order chi connectivity index (χ0) is 15.9. The van der Waals surface area contributed by atoms with Crippen LogP contribution in [0.4, 0.5) is 0 Å². The Morgan fingerprint density at radius 2 is 2.05 bits per heavy atom. The summed E-state index contributed by atoms with van der Waals surface area (Å²) in [6.45, 7) is 5.26. The lowest BCUT2D eigenvalue weighted by Gasteiger charge is -2.09. The number of hydrogen-bond donors (Lipinski definition) is 3. The summed E-state index contributed by atoms with van der Waals surface area (Å²) >= 11 is 5.78. The van der Waals surface area contributed by atoms with E-state index in [0.29, 0.717) is 30.0 Å². The molecule has 0 atom stereocenters. The fourth-order valence-corrected chi connectivity index (χ4v) is 2.76. The molecule has 126 valence electrons. The van der Waals surface area contributed by atoms with E-state index in [4.69, 9.17) is 17.3 Å². The first-order valence-electron chi connectivity index (χ1n) is 6.60. The molecule has 0 aliphatic rings. The number of sulfonamides is 1. The monoisotopic (exact) mass is 460 g/mol. The van der Waals surface area contributed by atoms with Gasteiger partial charge in [-0.1, -0.05) is 31.5 Å². The maximum absolute atomic E-state index is 12.0. The Hall–Kier alpha value is -0.580. The lowest BCUT2D eigenvalue weighted by Crippen LogP contribution is -2.38. The van der Waals surface area contributed by atoms with Crippen LogP contribution in [0.2, 0.25) is 5.02 Å². The smallest absolute Gasteiger partial charge is 0.240 e. The van der Waals surface area contributed by atoms with Crippen LogP contribution in [0.15, 0.2) is 34.2 Å². The Morgan fingerprint density at radius 1 is 1.36 bits per heavy atom. The van der Waals surface area contributed by atoms with Gasteiger partial charge < -0.3 is 11.1 Å². The van der Waals surface area contributed by atoms with Gasteiger partial charge in [0.2, 0.25) is 10.0 Å². The van der Waals surface area contributed by atoms with Crippen molar-refractivity contribution in [3.63, 3.8) is 0 Å². The predicted molar refractivity (Wildman–Crippen MR) is 101 cm³/mol. The number of benzene rings is 1. The van der Waals surface area contributed by atoms with E-state index in [-0.39, 0.29) is 35.4 Å². The van der Waals surface area contributed by atoms with Gasteiger partial charge in [0.25, 0.3) is 0 Å². The van der Waals surface area contributed by atoms with Gasteiger partial charge in [0, 0.05) is 24.7 Å². The third-order valence-corrected chi connectivity index (χ3v) is 4.15. The molecule has 0 saturated carbocycles. The summed E-state index contributed by atoms with van der Waals surface area (Å²) in [5.74, 6) is 0.734. The molecule has 1 rings (SSSR count). The summed E-state index contributed by atoms with van der Waals surface area (Å²) in [5.41, 5.74) is 5.65. The molecular formula is C13H22ClIN4O2S. The van der Waals surface area contributed by atoms with E-state index in [1.807, 2.05) is 13.8 Å². The topological polar surface area (TPSA) is 96.6 Å². The number of nitrogens with zero attached hydrogens (tertiary/aromatic N) is 1. The largest absolute Gasteiger partial charge is 0.370 e. The number of nitrogens with two attached hydrogens (primary N) is 1. The molecule has 6 nitrogen and oxygen atoms in total. The maximum Gasteiger partial charge on any atom is 0.240 e. The molecule has 0 saturated heterocycles. The second kappa shape index (κ2) is 10.2. The SMILES string of the molecule is CC(C)CN=C(N)NCCNS(=O)(=O)c1cccc(Cl)c1.I. The lowest BCUT2D eigenvalue weighted by atomic mass is 10.2. The van der Waals surface area contributed by atoms with Gasteiger partial charge in [-0.15, -0.1) is 24.0 Å². The molecule has 22 heavy (non-hydrogen) atoms. The van der Waals surface area contributed by atoms with Crippen molar-refractivity contribution >= 4 is 51.6 Å². The molecule has 4 N–H and O–H groups in total. The summed E-state index contributed by atoms with van der Waals surface area (Å²) in [7, 11) is -3.56. The van der Waals surface area contributed by atoms with Crippen molar-refractivity contribution < 1.29 is 8.42 Å². The van der Waals surface area contributed by atoms with Crippen LogP contribution in [-0.4, -0.2) is 34.0 Å². The molecular weight excluding hydrogens is 439 g/mol. The minimum absolute atomic E-state index is 0. The first-order chi connectivity index (χ1) is 9.81. The van der Waals surface area contributed by atoms with Crippen molar-refractivity contribution in [1.82, 2.24) is 10.0 Å². The molecule has 9 heteroatoms. The molecule has 0 heterocycles. The average Bonchev–Trinajstić information content (AvgIpc) is 2.41. The predicted octanol–water partition coefficient (Wildman–Crippen LogP) is 1.80. The van der Waals surface area contributed by atoms with Crippen LogP contribution in [0.3, 0.4) is 0 Å². The highest BCUT2D eigenvalue weighted by Crippen LogP contribution is 2.14. The number of halogens is 2. The molecule has 0 aromatic heterocycles. The van der Waals surface area contributed by atoms with Crippen LogP contribution in [0.5, 0.6) is 0 Å². The van der Waals surface area contributed by atoms with E-state index in [0.717, 1.165) is 0 Å². The first-order valence-corrected chi connectivity index (χ1v) is 8.46. The molecule has 0 spiro atoms. The van der Waals surface area contributed by atoms with Gasteiger partial charge in [-0.25, -0.2) is 13.1 Å². The van der Waals surface area contributed by atoms with E-state index in [9.17, 15) is 8.42 Å². The van der Waals surface area contributed by atoms with E-state index >= 15 is 0 Å². The van der Waals surface area contributed by atoms with Crippen molar-refractivity contribution in [2.45, 2.75) is 18.7 Å². The van der Waals surface area contributed by atoms with E-state index in [2.05, 4.69) is 15.0 Å². The molecule has 1 aromatic carbocycles. The van der Waals surface area contributed by atoms with Crippen LogP contribution in [0.1, 0.15) is 13.8 Å². The van der Waals surface area contributed by atoms with E-state index < -0.39 is 10.0 Å². The van der Waals surface area contributed by atoms with E-state index in [1.54, 1.807) is 12.1 Å². The molecule has 0 aliphatic carbocycles. The van der Waals surface area contributed by atoms with Crippen LogP contribution in [0, 0.1) is 5.92 Å². The Balaban J connectivity index is 0.00000441. The Labute approximate surface area is 154 Å².